The molecule has 0 saturated carbocycles. The van der Waals surface area contributed by atoms with Crippen molar-refractivity contribution in [2.24, 2.45) is 0 Å². The second kappa shape index (κ2) is 6.61. The van der Waals surface area contributed by atoms with E-state index in [0.717, 1.165) is 13.8 Å². The van der Waals surface area contributed by atoms with Gasteiger partial charge in [0, 0.05) is 0 Å². The maximum absolute atomic E-state index is 11.1. The van der Waals surface area contributed by atoms with Crippen LogP contribution in [0.5, 0.6) is 0 Å². The molecule has 106 valence electrons. The van der Waals surface area contributed by atoms with Crippen LogP contribution in [0, 0.1) is 0 Å². The molecule has 0 saturated heterocycles. The second-order valence-corrected chi connectivity index (χ2v) is 3.52. The first-order valence-corrected chi connectivity index (χ1v) is 4.97. The third-order valence-corrected chi connectivity index (χ3v) is 1.77. The molecule has 0 aliphatic rings. The maximum atomic E-state index is 11.1. The van der Waals surface area contributed by atoms with Gasteiger partial charge in [0.2, 0.25) is 0 Å². The van der Waals surface area contributed by atoms with E-state index in [0.29, 0.717) is 0 Å². The van der Waals surface area contributed by atoms with Crippen LogP contribution >= 0.6 is 0 Å². The van der Waals surface area contributed by atoms with Crippen LogP contribution in [0.25, 0.3) is 0 Å². The topological polar surface area (TPSA) is 154 Å². The molecule has 0 aliphatic heterocycles. The lowest BCUT2D eigenvalue weighted by Gasteiger charge is -2.30. The lowest BCUT2D eigenvalue weighted by atomic mass is 10.3. The zero-order valence-electron chi connectivity index (χ0n) is 9.81. The minimum Gasteiger partial charge on any atom is -0.394 e. The quantitative estimate of drug-likeness (QED) is 0.248. The molecule has 0 aromatic heterocycles. The van der Waals surface area contributed by atoms with Crippen LogP contribution in [-0.4, -0.2) is 68.4 Å². The van der Waals surface area contributed by atoms with Gasteiger partial charge in [0.05, 0.1) is 6.61 Å². The molecule has 9 heteroatoms. The molecule has 5 N–H and O–H groups in total. The molecular weight excluding hydrogens is 252 g/mol. The zero-order valence-corrected chi connectivity index (χ0v) is 9.81. The first-order chi connectivity index (χ1) is 8.14. The lowest BCUT2D eigenvalue weighted by Crippen LogP contribution is -2.53. The van der Waals surface area contributed by atoms with Gasteiger partial charge in [0.1, 0.15) is 12.2 Å². The molecule has 0 rings (SSSR count). The van der Waals surface area contributed by atoms with E-state index in [1.165, 1.54) is 0 Å². The van der Waals surface area contributed by atoms with Crippen molar-refractivity contribution in [1.82, 2.24) is 0 Å². The highest BCUT2D eigenvalue weighted by Gasteiger charge is 2.45. The molecule has 18 heavy (non-hydrogen) atoms. The van der Waals surface area contributed by atoms with Gasteiger partial charge in [-0.3, -0.25) is 0 Å². The smallest absolute Gasteiger partial charge is 0.394 e. The van der Waals surface area contributed by atoms with Gasteiger partial charge in [0.25, 0.3) is 0 Å². The molecule has 0 spiro atoms. The predicted octanol–water partition coefficient (Wildman–Crippen LogP) is -3.17. The van der Waals surface area contributed by atoms with Crippen molar-refractivity contribution in [2.75, 3.05) is 6.61 Å². The predicted molar refractivity (Wildman–Crippen MR) is 53.6 cm³/mol. The summed E-state index contributed by atoms with van der Waals surface area (Å²) in [6.45, 7) is 0.909. The van der Waals surface area contributed by atoms with E-state index < -0.39 is 42.8 Å². The second-order valence-electron chi connectivity index (χ2n) is 3.52. The van der Waals surface area contributed by atoms with Gasteiger partial charge in [0.15, 0.2) is 6.10 Å². The van der Waals surface area contributed by atoms with Crippen molar-refractivity contribution in [1.29, 1.82) is 0 Å². The van der Waals surface area contributed by atoms with E-state index in [4.69, 9.17) is 15.3 Å². The number of ether oxygens (including phenoxy) is 2. The Balaban J connectivity index is 4.95. The van der Waals surface area contributed by atoms with Crippen molar-refractivity contribution in [3.63, 3.8) is 0 Å². The Morgan fingerprint density at radius 3 is 1.61 bits per heavy atom. The highest BCUT2D eigenvalue weighted by molar-refractivity contribution is 5.76. The Labute approximate surface area is 102 Å². The number of hydrogen-bond acceptors (Lipinski definition) is 9. The minimum atomic E-state index is -3.20. The van der Waals surface area contributed by atoms with Crippen molar-refractivity contribution < 1.29 is 44.6 Å². The van der Waals surface area contributed by atoms with E-state index in [2.05, 4.69) is 9.47 Å². The summed E-state index contributed by atoms with van der Waals surface area (Å²) in [4.78, 5) is 22.1. The van der Waals surface area contributed by atoms with Crippen LogP contribution in [-0.2, 0) is 19.1 Å². The van der Waals surface area contributed by atoms with Gasteiger partial charge < -0.3 is 35.0 Å². The fourth-order valence-corrected chi connectivity index (χ4v) is 0.731. The minimum absolute atomic E-state index is 1.00. The normalized spacial score (nSPS) is 19.3. The van der Waals surface area contributed by atoms with Crippen molar-refractivity contribution in [2.45, 2.75) is 38.1 Å². The number of esters is 2. The Bertz CT molecular complexity index is 276. The first-order valence-electron chi connectivity index (χ1n) is 4.97. The number of aliphatic hydroxyl groups excluding tert-OH is 4. The highest BCUT2D eigenvalue weighted by Crippen LogP contribution is 2.17. The monoisotopic (exact) mass is 268 g/mol. The molecule has 0 aromatic carbocycles. The molecule has 0 amide bonds. The van der Waals surface area contributed by atoms with Crippen molar-refractivity contribution >= 4 is 11.9 Å². The van der Waals surface area contributed by atoms with Crippen LogP contribution in [0.3, 0.4) is 0 Å². The van der Waals surface area contributed by atoms with E-state index in [-0.39, 0.29) is 0 Å². The maximum Gasteiger partial charge on any atom is 0.403 e. The molecule has 0 aromatic rings. The summed E-state index contributed by atoms with van der Waals surface area (Å²) in [5.74, 6) is -6.00. The first kappa shape index (κ1) is 16.7. The van der Waals surface area contributed by atoms with Crippen molar-refractivity contribution in [3.05, 3.63) is 0 Å². The molecule has 0 radical (unpaired) electrons. The molecular formula is C9H16O9. The fraction of sp³-hybridized carbons (Fsp3) is 0.778. The average Bonchev–Trinajstić information content (AvgIpc) is 2.27. The Kier molecular flexibility index (Phi) is 6.15. The van der Waals surface area contributed by atoms with Gasteiger partial charge in [-0.25, -0.2) is 9.59 Å². The van der Waals surface area contributed by atoms with Crippen LogP contribution in [0.4, 0.5) is 0 Å². The van der Waals surface area contributed by atoms with Crippen LogP contribution in [0.1, 0.15) is 13.8 Å². The summed E-state index contributed by atoms with van der Waals surface area (Å²) >= 11 is 0. The Morgan fingerprint density at radius 2 is 1.39 bits per heavy atom. The number of rotatable bonds is 6. The van der Waals surface area contributed by atoms with Gasteiger partial charge in [-0.2, -0.15) is 0 Å². The Hall–Kier alpha value is -1.26. The molecule has 0 aliphatic carbocycles. The van der Waals surface area contributed by atoms with Gasteiger partial charge in [-0.1, -0.05) is 0 Å². The number of aliphatic hydroxyl groups is 5. The molecule has 0 fully saturated rings. The summed E-state index contributed by atoms with van der Waals surface area (Å²) in [5.41, 5.74) is 0. The van der Waals surface area contributed by atoms with Crippen LogP contribution in [0.15, 0.2) is 0 Å². The van der Waals surface area contributed by atoms with E-state index in [1.807, 2.05) is 0 Å². The third-order valence-electron chi connectivity index (χ3n) is 1.77. The molecule has 0 heterocycles. The number of carbonyl (C=O) groups is 2. The van der Waals surface area contributed by atoms with Crippen molar-refractivity contribution in [3.8, 4) is 0 Å². The number of carbonyl (C=O) groups excluding carboxylic acids is 2. The Morgan fingerprint density at radius 1 is 1.06 bits per heavy atom. The van der Waals surface area contributed by atoms with Gasteiger partial charge in [-0.05, 0) is 13.8 Å². The van der Waals surface area contributed by atoms with Gasteiger partial charge >= 0.3 is 17.9 Å². The molecule has 9 nitrogen and oxygen atoms in total. The molecule has 3 unspecified atom stereocenters. The molecule has 3 atom stereocenters. The van der Waals surface area contributed by atoms with Crippen LogP contribution in [0.2, 0.25) is 0 Å². The SMILES string of the molecule is CC(O)C(=O)OC(O)(OC(=O)C(C)O)C(O)CO. The van der Waals surface area contributed by atoms with E-state index in [9.17, 15) is 19.8 Å². The fourth-order valence-electron chi connectivity index (χ4n) is 0.731. The van der Waals surface area contributed by atoms with E-state index in [1.54, 1.807) is 0 Å². The average molecular weight is 268 g/mol. The standard InChI is InChI=1S/C9H16O9/c1-4(11)7(14)17-9(16,6(13)3-10)18-8(15)5(2)12/h4-6,10-13,16H,3H2,1-2H3. The highest BCUT2D eigenvalue weighted by atomic mass is 16.9. The summed E-state index contributed by atoms with van der Waals surface area (Å²) in [6, 6.07) is 0. The third kappa shape index (κ3) is 4.55. The summed E-state index contributed by atoms with van der Waals surface area (Å²) in [5, 5.41) is 45.2. The van der Waals surface area contributed by atoms with Crippen LogP contribution < -0.4 is 0 Å². The lowest BCUT2D eigenvalue weighted by molar-refractivity contribution is -0.367. The summed E-state index contributed by atoms with van der Waals surface area (Å²) in [7, 11) is 0. The zero-order chi connectivity index (χ0) is 14.5. The summed E-state index contributed by atoms with van der Waals surface area (Å²) in [6.07, 6.45) is -5.48. The van der Waals surface area contributed by atoms with Gasteiger partial charge in [-0.15, -0.1) is 0 Å². The number of hydrogen-bond donors (Lipinski definition) is 5. The largest absolute Gasteiger partial charge is 0.403 e. The molecule has 0 bridgehead atoms. The summed E-state index contributed by atoms with van der Waals surface area (Å²) < 4.78 is 8.35. The van der Waals surface area contributed by atoms with E-state index >= 15 is 0 Å².